The fraction of sp³-hybridized carbons (Fsp3) is 0.111. The lowest BCUT2D eigenvalue weighted by Crippen LogP contribution is -1.98. The zero-order valence-corrected chi connectivity index (χ0v) is 7.68. The number of nitrogens with two attached hydrogens (primary N) is 1. The van der Waals surface area contributed by atoms with Crippen LogP contribution >= 0.6 is 0 Å². The summed E-state index contributed by atoms with van der Waals surface area (Å²) in [5.74, 6) is 0.589. The Morgan fingerprint density at radius 2 is 2.07 bits per heavy atom. The second kappa shape index (κ2) is 3.02. The molecule has 0 atom stereocenters. The Labute approximate surface area is 80.8 Å². The molecule has 0 fully saturated rings. The first kappa shape index (κ1) is 8.55. The molecule has 3 N–H and O–H groups in total. The Hall–Kier alpha value is -2.04. The first-order valence-corrected chi connectivity index (χ1v) is 4.13. The average Bonchev–Trinajstić information content (AvgIpc) is 2.49. The van der Waals surface area contributed by atoms with Gasteiger partial charge in [-0.05, 0) is 12.1 Å². The summed E-state index contributed by atoms with van der Waals surface area (Å²) in [6.07, 6.45) is 0. The molecule has 0 radical (unpaired) electrons. The molecule has 5 nitrogen and oxygen atoms in total. The highest BCUT2D eigenvalue weighted by atomic mass is 16.3. The number of anilines is 1. The molecule has 0 unspecified atom stereocenters. The predicted octanol–water partition coefficient (Wildman–Crippen LogP) is 0.770. The van der Waals surface area contributed by atoms with Crippen molar-refractivity contribution in [2.45, 2.75) is 0 Å². The number of rotatable bonds is 1. The van der Waals surface area contributed by atoms with Gasteiger partial charge in [0.05, 0.1) is 0 Å². The molecule has 1 aromatic heterocycles. The number of phenolic OH excluding ortho intramolecular Hbond substituents is 1. The minimum absolute atomic E-state index is 0.153. The predicted molar refractivity (Wildman–Crippen MR) is 52.5 cm³/mol. The third-order valence-corrected chi connectivity index (χ3v) is 2.03. The van der Waals surface area contributed by atoms with E-state index in [9.17, 15) is 5.11 Å². The first-order valence-electron chi connectivity index (χ1n) is 4.13. The van der Waals surface area contributed by atoms with E-state index in [2.05, 4.69) is 10.3 Å². The van der Waals surface area contributed by atoms with Gasteiger partial charge in [0.15, 0.2) is 0 Å². The molecule has 0 spiro atoms. The van der Waals surface area contributed by atoms with Crippen molar-refractivity contribution >= 4 is 5.82 Å². The van der Waals surface area contributed by atoms with E-state index in [1.807, 2.05) is 6.07 Å². The molecule has 0 aliphatic heterocycles. The van der Waals surface area contributed by atoms with Crippen LogP contribution in [0.2, 0.25) is 0 Å². The molecular formula is C9H10N4O. The Morgan fingerprint density at radius 1 is 1.36 bits per heavy atom. The molecule has 0 aliphatic carbocycles. The maximum absolute atomic E-state index is 9.57. The number of hydrogen-bond acceptors (Lipinski definition) is 4. The molecule has 1 heterocycles. The van der Waals surface area contributed by atoms with Crippen molar-refractivity contribution in [2.24, 2.45) is 7.05 Å². The van der Waals surface area contributed by atoms with Crippen molar-refractivity contribution in [2.75, 3.05) is 5.73 Å². The number of aromatic nitrogens is 3. The number of phenols is 1. The second-order valence-corrected chi connectivity index (χ2v) is 2.96. The van der Waals surface area contributed by atoms with E-state index < -0.39 is 0 Å². The SMILES string of the molecule is Cn1nnc(-c2ccccc2O)c1N. The summed E-state index contributed by atoms with van der Waals surface area (Å²) >= 11 is 0. The second-order valence-electron chi connectivity index (χ2n) is 2.96. The van der Waals surface area contributed by atoms with Gasteiger partial charge >= 0.3 is 0 Å². The van der Waals surface area contributed by atoms with Gasteiger partial charge in [0, 0.05) is 12.6 Å². The fourth-order valence-corrected chi connectivity index (χ4v) is 1.23. The Bertz CT molecular complexity index is 464. The van der Waals surface area contributed by atoms with E-state index in [1.165, 1.54) is 4.68 Å². The average molecular weight is 190 g/mol. The molecule has 0 amide bonds. The monoisotopic (exact) mass is 190 g/mol. The third kappa shape index (κ3) is 1.19. The quantitative estimate of drug-likeness (QED) is 0.696. The standard InChI is InChI=1S/C9H10N4O/c1-13-9(10)8(11-12-13)6-4-2-3-5-7(6)14/h2-5,14H,10H2,1H3. The molecule has 0 saturated heterocycles. The number of hydrogen-bond donors (Lipinski definition) is 2. The van der Waals surface area contributed by atoms with Crippen LogP contribution in [-0.4, -0.2) is 20.1 Å². The van der Waals surface area contributed by atoms with Crippen LogP contribution in [0.25, 0.3) is 11.3 Å². The molecule has 0 aliphatic rings. The Morgan fingerprint density at radius 3 is 2.64 bits per heavy atom. The van der Waals surface area contributed by atoms with Gasteiger partial charge in [-0.25, -0.2) is 4.68 Å². The van der Waals surface area contributed by atoms with E-state index in [0.29, 0.717) is 17.1 Å². The summed E-state index contributed by atoms with van der Waals surface area (Å²) in [5, 5.41) is 17.2. The maximum atomic E-state index is 9.57. The van der Waals surface area contributed by atoms with Crippen LogP contribution < -0.4 is 5.73 Å². The summed E-state index contributed by atoms with van der Waals surface area (Å²) in [6.45, 7) is 0. The van der Waals surface area contributed by atoms with Crippen molar-refractivity contribution in [1.29, 1.82) is 0 Å². The molecule has 14 heavy (non-hydrogen) atoms. The zero-order chi connectivity index (χ0) is 10.1. The van der Waals surface area contributed by atoms with Crippen LogP contribution in [-0.2, 0) is 7.05 Å². The van der Waals surface area contributed by atoms with Gasteiger partial charge in [-0.1, -0.05) is 17.3 Å². The Kier molecular flexibility index (Phi) is 1.85. The molecular weight excluding hydrogens is 180 g/mol. The summed E-state index contributed by atoms with van der Waals surface area (Å²) in [7, 11) is 1.70. The molecule has 72 valence electrons. The van der Waals surface area contributed by atoms with E-state index in [4.69, 9.17) is 5.73 Å². The smallest absolute Gasteiger partial charge is 0.150 e. The lowest BCUT2D eigenvalue weighted by molar-refractivity contribution is 0.477. The highest BCUT2D eigenvalue weighted by molar-refractivity contribution is 5.74. The molecule has 2 aromatic rings. The topological polar surface area (TPSA) is 77.0 Å². The molecule has 0 bridgehead atoms. The summed E-state index contributed by atoms with van der Waals surface area (Å²) in [4.78, 5) is 0. The van der Waals surface area contributed by atoms with Gasteiger partial charge in [0.25, 0.3) is 0 Å². The van der Waals surface area contributed by atoms with Gasteiger partial charge in [0.2, 0.25) is 0 Å². The number of nitrogen functional groups attached to an aromatic ring is 1. The van der Waals surface area contributed by atoms with Crippen LogP contribution in [0, 0.1) is 0 Å². The normalized spacial score (nSPS) is 10.4. The van der Waals surface area contributed by atoms with Crippen molar-refractivity contribution in [3.05, 3.63) is 24.3 Å². The minimum Gasteiger partial charge on any atom is -0.507 e. The summed E-state index contributed by atoms with van der Waals surface area (Å²) in [5.41, 5.74) is 6.83. The number of nitrogens with zero attached hydrogens (tertiary/aromatic N) is 3. The van der Waals surface area contributed by atoms with Gasteiger partial charge in [-0.15, -0.1) is 5.10 Å². The number of aryl methyl sites for hydroxylation is 1. The van der Waals surface area contributed by atoms with Gasteiger partial charge in [-0.2, -0.15) is 0 Å². The number of benzene rings is 1. The van der Waals surface area contributed by atoms with Crippen molar-refractivity contribution in [3.8, 4) is 17.0 Å². The zero-order valence-electron chi connectivity index (χ0n) is 7.68. The molecule has 1 aromatic carbocycles. The van der Waals surface area contributed by atoms with Gasteiger partial charge < -0.3 is 10.8 Å². The van der Waals surface area contributed by atoms with Crippen molar-refractivity contribution in [3.63, 3.8) is 0 Å². The minimum atomic E-state index is 0.153. The van der Waals surface area contributed by atoms with Crippen molar-refractivity contribution < 1.29 is 5.11 Å². The van der Waals surface area contributed by atoms with Crippen LogP contribution in [0.4, 0.5) is 5.82 Å². The summed E-state index contributed by atoms with van der Waals surface area (Å²) < 4.78 is 1.46. The Balaban J connectivity index is 2.60. The van der Waals surface area contributed by atoms with Crippen LogP contribution in [0.1, 0.15) is 0 Å². The molecule has 5 heteroatoms. The maximum Gasteiger partial charge on any atom is 0.150 e. The summed E-state index contributed by atoms with van der Waals surface area (Å²) in [6, 6.07) is 6.88. The molecule has 2 rings (SSSR count). The highest BCUT2D eigenvalue weighted by Gasteiger charge is 2.12. The first-order chi connectivity index (χ1) is 6.70. The third-order valence-electron chi connectivity index (χ3n) is 2.03. The van der Waals surface area contributed by atoms with Gasteiger partial charge in [0.1, 0.15) is 17.3 Å². The number of para-hydroxylation sites is 1. The lowest BCUT2D eigenvalue weighted by atomic mass is 10.1. The largest absolute Gasteiger partial charge is 0.507 e. The fourth-order valence-electron chi connectivity index (χ4n) is 1.23. The lowest BCUT2D eigenvalue weighted by Gasteiger charge is -2.00. The van der Waals surface area contributed by atoms with E-state index in [-0.39, 0.29) is 5.75 Å². The highest BCUT2D eigenvalue weighted by Crippen LogP contribution is 2.30. The number of aromatic hydroxyl groups is 1. The van der Waals surface area contributed by atoms with Crippen LogP contribution in [0.3, 0.4) is 0 Å². The van der Waals surface area contributed by atoms with Crippen molar-refractivity contribution in [1.82, 2.24) is 15.0 Å². The molecule has 0 saturated carbocycles. The van der Waals surface area contributed by atoms with E-state index in [0.717, 1.165) is 0 Å². The van der Waals surface area contributed by atoms with Crippen LogP contribution in [0.5, 0.6) is 5.75 Å². The van der Waals surface area contributed by atoms with Gasteiger partial charge in [-0.3, -0.25) is 0 Å². The van der Waals surface area contributed by atoms with Crippen LogP contribution in [0.15, 0.2) is 24.3 Å². The van der Waals surface area contributed by atoms with E-state index >= 15 is 0 Å². The van der Waals surface area contributed by atoms with E-state index in [1.54, 1.807) is 25.2 Å².